The van der Waals surface area contributed by atoms with Gasteiger partial charge in [-0.2, -0.15) is 0 Å². The van der Waals surface area contributed by atoms with Crippen molar-refractivity contribution < 1.29 is 23.9 Å². The Labute approximate surface area is 176 Å². The number of amides is 1. The van der Waals surface area contributed by atoms with Gasteiger partial charge in [0.05, 0.1) is 13.7 Å². The van der Waals surface area contributed by atoms with Crippen LogP contribution in [-0.2, 0) is 9.22 Å². The highest BCUT2D eigenvalue weighted by Crippen LogP contribution is 2.36. The smallest absolute Gasteiger partial charge is 0.328 e. The molecule has 1 aromatic carbocycles. The van der Waals surface area contributed by atoms with Gasteiger partial charge in [0.1, 0.15) is 22.5 Å². The van der Waals surface area contributed by atoms with Crippen molar-refractivity contribution in [3.8, 4) is 16.3 Å². The maximum absolute atomic E-state index is 12.5. The van der Waals surface area contributed by atoms with Crippen LogP contribution in [0.25, 0.3) is 10.6 Å². The standard InChI is InChI=1S/C20H28N2O5SSi/c1-20(2,3)29(5,6)27-11-15(19(24)25)21-17(23)16-12-28-18(22-16)13-7-9-14(26-4)10-8-13/h7-10,12,15H,11H2,1-6H3,(H,21,23)(H,24,25)/t15-/m0/s1. The lowest BCUT2D eigenvalue weighted by molar-refractivity contribution is -0.140. The van der Waals surface area contributed by atoms with Crippen LogP contribution in [0.3, 0.4) is 0 Å². The average Bonchev–Trinajstić information content (AvgIpc) is 3.14. The molecule has 1 heterocycles. The quantitative estimate of drug-likeness (QED) is 0.607. The SMILES string of the molecule is COc1ccc(-c2nc(C(=O)N[C@@H](CO[Si](C)(C)C(C)(C)C)C(=O)O)cs2)cc1. The van der Waals surface area contributed by atoms with Crippen molar-refractivity contribution >= 4 is 31.5 Å². The van der Waals surface area contributed by atoms with Gasteiger partial charge >= 0.3 is 5.97 Å². The molecule has 1 aromatic heterocycles. The molecule has 0 bridgehead atoms. The highest BCUT2D eigenvalue weighted by Gasteiger charge is 2.38. The first-order chi connectivity index (χ1) is 13.4. The molecule has 0 unspecified atom stereocenters. The van der Waals surface area contributed by atoms with Crippen LogP contribution in [0.4, 0.5) is 0 Å². The lowest BCUT2D eigenvalue weighted by atomic mass is 10.2. The molecule has 2 aromatic rings. The Kier molecular flexibility index (Phi) is 7.20. The van der Waals surface area contributed by atoms with E-state index in [1.54, 1.807) is 12.5 Å². The van der Waals surface area contributed by atoms with Gasteiger partial charge in [-0.15, -0.1) is 11.3 Å². The van der Waals surface area contributed by atoms with E-state index in [-0.39, 0.29) is 17.3 Å². The van der Waals surface area contributed by atoms with Crippen molar-refractivity contribution in [1.82, 2.24) is 10.3 Å². The van der Waals surface area contributed by atoms with Crippen LogP contribution < -0.4 is 10.1 Å². The van der Waals surface area contributed by atoms with Crippen molar-refractivity contribution in [2.75, 3.05) is 13.7 Å². The second-order valence-corrected chi connectivity index (χ2v) is 13.9. The second kappa shape index (κ2) is 9.06. The summed E-state index contributed by atoms with van der Waals surface area (Å²) in [6.07, 6.45) is 0. The molecule has 0 saturated carbocycles. The first-order valence-corrected chi connectivity index (χ1v) is 13.0. The number of nitrogens with zero attached hydrogens (tertiary/aromatic N) is 1. The number of hydrogen-bond donors (Lipinski definition) is 2. The summed E-state index contributed by atoms with van der Waals surface area (Å²) in [5.74, 6) is -0.941. The van der Waals surface area contributed by atoms with Crippen LogP contribution in [0.5, 0.6) is 5.75 Å². The lowest BCUT2D eigenvalue weighted by Crippen LogP contribution is -2.49. The van der Waals surface area contributed by atoms with Crippen molar-refractivity contribution in [3.05, 3.63) is 35.3 Å². The number of ether oxygens (including phenoxy) is 1. The number of aliphatic carboxylic acids is 1. The molecular formula is C20H28N2O5SSi. The molecule has 0 spiro atoms. The Morgan fingerprint density at radius 3 is 2.38 bits per heavy atom. The average molecular weight is 437 g/mol. The minimum Gasteiger partial charge on any atom is -0.497 e. The maximum atomic E-state index is 12.5. The van der Waals surface area contributed by atoms with Crippen molar-refractivity contribution in [2.45, 2.75) is 44.9 Å². The van der Waals surface area contributed by atoms with Crippen LogP contribution in [0.2, 0.25) is 18.1 Å². The molecule has 0 aliphatic rings. The van der Waals surface area contributed by atoms with Crippen LogP contribution in [0.1, 0.15) is 31.3 Å². The van der Waals surface area contributed by atoms with Gasteiger partial charge in [-0.1, -0.05) is 20.8 Å². The second-order valence-electron chi connectivity index (χ2n) is 8.20. The summed E-state index contributed by atoms with van der Waals surface area (Å²) >= 11 is 1.32. The molecule has 0 saturated heterocycles. The zero-order valence-corrected chi connectivity index (χ0v) is 19.4. The number of carboxylic acid groups (broad SMARTS) is 1. The predicted molar refractivity (Wildman–Crippen MR) is 116 cm³/mol. The van der Waals surface area contributed by atoms with E-state index >= 15 is 0 Å². The number of nitrogens with one attached hydrogen (secondary N) is 1. The van der Waals surface area contributed by atoms with Crippen LogP contribution in [0, 0.1) is 0 Å². The number of aromatic nitrogens is 1. The Morgan fingerprint density at radius 1 is 1.24 bits per heavy atom. The van der Waals surface area contributed by atoms with E-state index in [0.717, 1.165) is 11.3 Å². The third kappa shape index (κ3) is 5.88. The summed E-state index contributed by atoms with van der Waals surface area (Å²) in [6, 6.07) is 6.20. The minimum absolute atomic E-state index is 0.0533. The molecule has 1 amide bonds. The van der Waals surface area contributed by atoms with Crippen molar-refractivity contribution in [1.29, 1.82) is 0 Å². The van der Waals surface area contributed by atoms with Crippen LogP contribution >= 0.6 is 11.3 Å². The zero-order chi connectivity index (χ0) is 21.8. The topological polar surface area (TPSA) is 97.8 Å². The number of hydrogen-bond acceptors (Lipinski definition) is 6. The molecular weight excluding hydrogens is 408 g/mol. The van der Waals surface area contributed by atoms with Gasteiger partial charge in [-0.25, -0.2) is 9.78 Å². The number of rotatable bonds is 8. The van der Waals surface area contributed by atoms with E-state index in [1.165, 1.54) is 11.3 Å². The Hall–Kier alpha value is -2.23. The number of methoxy groups -OCH3 is 1. The van der Waals surface area contributed by atoms with E-state index in [9.17, 15) is 14.7 Å². The van der Waals surface area contributed by atoms with E-state index in [2.05, 4.69) is 31.1 Å². The molecule has 9 heteroatoms. The van der Waals surface area contributed by atoms with E-state index in [4.69, 9.17) is 9.16 Å². The number of carbonyl (C=O) groups is 2. The number of carboxylic acids is 1. The highest BCUT2D eigenvalue weighted by molar-refractivity contribution is 7.13. The summed E-state index contributed by atoms with van der Waals surface area (Å²) in [7, 11) is -0.538. The van der Waals surface area contributed by atoms with Crippen LogP contribution in [0.15, 0.2) is 29.6 Å². The van der Waals surface area contributed by atoms with E-state index < -0.39 is 26.2 Å². The third-order valence-electron chi connectivity index (χ3n) is 5.09. The number of thiazole rings is 1. The molecule has 0 radical (unpaired) electrons. The van der Waals surface area contributed by atoms with Gasteiger partial charge in [0.15, 0.2) is 8.32 Å². The Bertz CT molecular complexity index is 859. The summed E-state index contributed by atoms with van der Waals surface area (Å²) in [4.78, 5) is 28.5. The molecule has 1 atom stereocenters. The third-order valence-corrected chi connectivity index (χ3v) is 10.5. The Morgan fingerprint density at radius 2 is 1.86 bits per heavy atom. The highest BCUT2D eigenvalue weighted by atomic mass is 32.1. The lowest BCUT2D eigenvalue weighted by Gasteiger charge is -2.36. The summed E-state index contributed by atoms with van der Waals surface area (Å²) in [5.41, 5.74) is 1.03. The molecule has 7 nitrogen and oxygen atoms in total. The fourth-order valence-electron chi connectivity index (χ4n) is 2.16. The molecule has 29 heavy (non-hydrogen) atoms. The molecule has 0 aliphatic carbocycles. The number of carbonyl (C=O) groups excluding carboxylic acids is 1. The van der Waals surface area contributed by atoms with Gasteiger partial charge in [0, 0.05) is 10.9 Å². The summed E-state index contributed by atoms with van der Waals surface area (Å²) in [6.45, 7) is 10.2. The van der Waals surface area contributed by atoms with Gasteiger partial charge in [-0.05, 0) is 42.4 Å². The van der Waals surface area contributed by atoms with Crippen molar-refractivity contribution in [3.63, 3.8) is 0 Å². The fraction of sp³-hybridized carbons (Fsp3) is 0.450. The fourth-order valence-corrected chi connectivity index (χ4v) is 3.98. The molecule has 158 valence electrons. The van der Waals surface area contributed by atoms with E-state index in [1.807, 2.05) is 37.4 Å². The monoisotopic (exact) mass is 436 g/mol. The molecule has 0 aliphatic heterocycles. The molecule has 2 N–H and O–H groups in total. The molecule has 2 rings (SSSR count). The maximum Gasteiger partial charge on any atom is 0.328 e. The van der Waals surface area contributed by atoms with Gasteiger partial charge in [0.2, 0.25) is 0 Å². The van der Waals surface area contributed by atoms with Gasteiger partial charge in [0.25, 0.3) is 5.91 Å². The largest absolute Gasteiger partial charge is 0.497 e. The zero-order valence-electron chi connectivity index (χ0n) is 17.6. The minimum atomic E-state index is -2.13. The van der Waals surface area contributed by atoms with Crippen molar-refractivity contribution in [2.24, 2.45) is 0 Å². The number of benzene rings is 1. The normalized spacial score (nSPS) is 13.0. The predicted octanol–water partition coefficient (Wildman–Crippen LogP) is 4.02. The van der Waals surface area contributed by atoms with Gasteiger partial charge in [-0.3, -0.25) is 4.79 Å². The van der Waals surface area contributed by atoms with Gasteiger partial charge < -0.3 is 19.6 Å². The molecule has 0 fully saturated rings. The summed E-state index contributed by atoms with van der Waals surface area (Å²) < 4.78 is 11.1. The summed E-state index contributed by atoms with van der Waals surface area (Å²) in [5, 5.41) is 14.2. The Balaban J connectivity index is 2.06. The van der Waals surface area contributed by atoms with E-state index in [0.29, 0.717) is 5.01 Å². The van der Waals surface area contributed by atoms with Crippen LogP contribution in [-0.4, -0.2) is 50.0 Å². The first kappa shape index (κ1) is 23.0. The first-order valence-electron chi connectivity index (χ1n) is 9.22.